The summed E-state index contributed by atoms with van der Waals surface area (Å²) in [4.78, 5) is 11.1. The van der Waals surface area contributed by atoms with E-state index >= 15 is 0 Å². The van der Waals surface area contributed by atoms with Crippen molar-refractivity contribution in [1.29, 1.82) is 0 Å². The number of carboxylic acid groups (broad SMARTS) is 1. The van der Waals surface area contributed by atoms with Gasteiger partial charge in [0, 0.05) is 13.0 Å². The molecule has 0 aliphatic carbocycles. The van der Waals surface area contributed by atoms with Crippen molar-refractivity contribution >= 4 is 17.6 Å². The van der Waals surface area contributed by atoms with Gasteiger partial charge in [0.05, 0.1) is 0 Å². The number of rotatable bonds is 5. The largest absolute Gasteiger partial charge is 0.479 e. The van der Waals surface area contributed by atoms with Crippen LogP contribution in [0.5, 0.6) is 0 Å². The Hall–Kier alpha value is -1.06. The summed E-state index contributed by atoms with van der Waals surface area (Å²) in [5, 5.41) is 9.11. The van der Waals surface area contributed by atoms with Crippen molar-refractivity contribution in [3.8, 4) is 0 Å². The molecule has 0 aliphatic rings. The van der Waals surface area contributed by atoms with Crippen molar-refractivity contribution in [1.82, 2.24) is 0 Å². The average Bonchev–Trinajstić information content (AvgIpc) is 2.29. The first-order valence-corrected chi connectivity index (χ1v) is 5.52. The van der Waals surface area contributed by atoms with Gasteiger partial charge in [0.1, 0.15) is 0 Å². The molecule has 1 aromatic rings. The normalized spacial score (nSPS) is 14.4. The summed E-state index contributed by atoms with van der Waals surface area (Å²) in [5.41, 5.74) is 0.419. The maximum atomic E-state index is 11.1. The highest BCUT2D eigenvalue weighted by Crippen LogP contribution is 2.25. The quantitative estimate of drug-likeness (QED) is 0.807. The molecule has 0 saturated heterocycles. The van der Waals surface area contributed by atoms with E-state index in [1.54, 1.807) is 12.1 Å². The topological polar surface area (TPSA) is 46.5 Å². The first-order valence-electron chi connectivity index (χ1n) is 4.98. The third-order valence-electron chi connectivity index (χ3n) is 2.70. The summed E-state index contributed by atoms with van der Waals surface area (Å²) in [5.74, 6) is -0.445. The van der Waals surface area contributed by atoms with Gasteiger partial charge in [-0.3, -0.25) is 0 Å². The first kappa shape index (κ1) is 13.0. The molecule has 1 unspecified atom stereocenters. The van der Waals surface area contributed by atoms with Crippen molar-refractivity contribution in [2.24, 2.45) is 0 Å². The molecule has 0 spiro atoms. The maximum Gasteiger partial charge on any atom is 0.340 e. The lowest BCUT2D eigenvalue weighted by Crippen LogP contribution is -2.34. The number of hydrogen-bond acceptors (Lipinski definition) is 2. The Labute approximate surface area is 100.0 Å². The molecular formula is C12H15ClO3. The Morgan fingerprint density at radius 3 is 2.38 bits per heavy atom. The van der Waals surface area contributed by atoms with E-state index in [-0.39, 0.29) is 0 Å². The van der Waals surface area contributed by atoms with E-state index in [0.717, 1.165) is 12.0 Å². The van der Waals surface area contributed by atoms with Crippen LogP contribution in [-0.4, -0.2) is 24.1 Å². The zero-order valence-corrected chi connectivity index (χ0v) is 10.1. The molecule has 16 heavy (non-hydrogen) atoms. The van der Waals surface area contributed by atoms with E-state index in [1.807, 2.05) is 12.1 Å². The summed E-state index contributed by atoms with van der Waals surface area (Å²) in [7, 11) is 1.39. The minimum absolute atomic E-state index is 0.555. The molecule has 0 aromatic heterocycles. The van der Waals surface area contributed by atoms with Crippen LogP contribution in [0, 0.1) is 0 Å². The highest BCUT2D eigenvalue weighted by atomic mass is 35.5. The summed E-state index contributed by atoms with van der Waals surface area (Å²) < 4.78 is 5.06. The Balaban J connectivity index is 2.99. The van der Waals surface area contributed by atoms with Crippen molar-refractivity contribution in [2.75, 3.05) is 13.0 Å². The number of aryl methyl sites for hydroxylation is 1. The lowest BCUT2D eigenvalue weighted by Gasteiger charge is -2.23. The highest BCUT2D eigenvalue weighted by molar-refractivity contribution is 6.17. The number of hydrogen-bond donors (Lipinski definition) is 1. The molecule has 0 aliphatic heterocycles. The Bertz CT molecular complexity index is 361. The molecule has 4 heteroatoms. The lowest BCUT2D eigenvalue weighted by atomic mass is 9.94. The molecule has 0 amide bonds. The second-order valence-electron chi connectivity index (χ2n) is 3.68. The standard InChI is InChI=1S/C12H15ClO3/c1-12(16-2,11(14)15)10-5-3-9(4-6-10)7-8-13/h3-6H,7-8H2,1-2H3,(H,14,15). The minimum Gasteiger partial charge on any atom is -0.479 e. The number of aliphatic carboxylic acids is 1. The van der Waals surface area contributed by atoms with Crippen molar-refractivity contribution < 1.29 is 14.6 Å². The number of halogens is 1. The van der Waals surface area contributed by atoms with Crippen LogP contribution in [-0.2, 0) is 21.6 Å². The van der Waals surface area contributed by atoms with Gasteiger partial charge in [-0.1, -0.05) is 24.3 Å². The van der Waals surface area contributed by atoms with E-state index in [2.05, 4.69) is 0 Å². The second kappa shape index (κ2) is 5.32. The van der Waals surface area contributed by atoms with E-state index < -0.39 is 11.6 Å². The monoisotopic (exact) mass is 242 g/mol. The van der Waals surface area contributed by atoms with Gasteiger partial charge in [-0.2, -0.15) is 0 Å². The van der Waals surface area contributed by atoms with E-state index in [1.165, 1.54) is 14.0 Å². The molecule has 3 nitrogen and oxygen atoms in total. The molecule has 0 bridgehead atoms. The third-order valence-corrected chi connectivity index (χ3v) is 2.89. The van der Waals surface area contributed by atoms with Gasteiger partial charge in [-0.15, -0.1) is 11.6 Å². The highest BCUT2D eigenvalue weighted by Gasteiger charge is 2.34. The summed E-state index contributed by atoms with van der Waals surface area (Å²) in [6, 6.07) is 7.27. The zero-order valence-electron chi connectivity index (χ0n) is 9.37. The Morgan fingerprint density at radius 2 is 2.00 bits per heavy atom. The van der Waals surface area contributed by atoms with Crippen LogP contribution in [0.3, 0.4) is 0 Å². The molecule has 0 radical (unpaired) electrons. The van der Waals surface area contributed by atoms with Crippen molar-refractivity contribution in [3.05, 3.63) is 35.4 Å². The van der Waals surface area contributed by atoms with Crippen LogP contribution in [0.25, 0.3) is 0 Å². The molecule has 0 heterocycles. The number of carbonyl (C=O) groups is 1. The predicted octanol–water partition coefficient (Wildman–Crippen LogP) is 2.41. The third kappa shape index (κ3) is 2.54. The fraction of sp³-hybridized carbons (Fsp3) is 0.417. The average molecular weight is 243 g/mol. The van der Waals surface area contributed by atoms with Gasteiger partial charge in [0.2, 0.25) is 0 Å². The molecule has 88 valence electrons. The van der Waals surface area contributed by atoms with Crippen LogP contribution < -0.4 is 0 Å². The van der Waals surface area contributed by atoms with Crippen LogP contribution in [0.1, 0.15) is 18.1 Å². The predicted molar refractivity (Wildman–Crippen MR) is 62.9 cm³/mol. The van der Waals surface area contributed by atoms with Crippen LogP contribution in [0.4, 0.5) is 0 Å². The molecule has 1 aromatic carbocycles. The number of benzene rings is 1. The lowest BCUT2D eigenvalue weighted by molar-refractivity contribution is -0.161. The summed E-state index contributed by atoms with van der Waals surface area (Å²) in [6.45, 7) is 1.53. The Kier molecular flexibility index (Phi) is 4.33. The maximum absolute atomic E-state index is 11.1. The number of alkyl halides is 1. The molecule has 0 saturated carbocycles. The SMILES string of the molecule is COC(C)(C(=O)O)c1ccc(CCCl)cc1. The van der Waals surface area contributed by atoms with Gasteiger partial charge >= 0.3 is 5.97 Å². The number of carboxylic acids is 1. The van der Waals surface area contributed by atoms with Gasteiger partial charge < -0.3 is 9.84 Å². The molecule has 1 rings (SSSR count). The fourth-order valence-corrected chi connectivity index (χ4v) is 1.65. The minimum atomic E-state index is -1.29. The number of ether oxygens (including phenoxy) is 1. The van der Waals surface area contributed by atoms with Crippen molar-refractivity contribution in [2.45, 2.75) is 18.9 Å². The molecule has 1 atom stereocenters. The van der Waals surface area contributed by atoms with Crippen LogP contribution in [0.2, 0.25) is 0 Å². The van der Waals surface area contributed by atoms with Crippen molar-refractivity contribution in [3.63, 3.8) is 0 Å². The molecule has 1 N–H and O–H groups in total. The van der Waals surface area contributed by atoms with Gasteiger partial charge in [0.15, 0.2) is 5.60 Å². The fourth-order valence-electron chi connectivity index (χ4n) is 1.43. The van der Waals surface area contributed by atoms with E-state index in [0.29, 0.717) is 11.4 Å². The number of methoxy groups -OCH3 is 1. The summed E-state index contributed by atoms with van der Waals surface area (Å²) >= 11 is 5.62. The second-order valence-corrected chi connectivity index (χ2v) is 4.06. The van der Waals surface area contributed by atoms with Gasteiger partial charge in [-0.25, -0.2) is 4.79 Å². The van der Waals surface area contributed by atoms with Crippen LogP contribution >= 0.6 is 11.6 Å². The van der Waals surface area contributed by atoms with E-state index in [4.69, 9.17) is 21.4 Å². The zero-order chi connectivity index (χ0) is 12.2. The summed E-state index contributed by atoms with van der Waals surface area (Å²) in [6.07, 6.45) is 0.776. The van der Waals surface area contributed by atoms with Gasteiger partial charge in [0.25, 0.3) is 0 Å². The first-order chi connectivity index (χ1) is 7.54. The molecular weight excluding hydrogens is 228 g/mol. The van der Waals surface area contributed by atoms with E-state index in [9.17, 15) is 4.79 Å². The smallest absolute Gasteiger partial charge is 0.340 e. The van der Waals surface area contributed by atoms with Crippen LogP contribution in [0.15, 0.2) is 24.3 Å². The van der Waals surface area contributed by atoms with Gasteiger partial charge in [-0.05, 0) is 24.5 Å². The Morgan fingerprint density at radius 1 is 1.44 bits per heavy atom. The molecule has 0 fully saturated rings.